The molecule has 0 N–H and O–H groups in total. The van der Waals surface area contributed by atoms with E-state index in [4.69, 9.17) is 0 Å². The van der Waals surface area contributed by atoms with Crippen LogP contribution in [-0.4, -0.2) is 12.4 Å². The standard InChI is InChI=1S/C18H6F8N4.Cu/c19-7-9(21)13(25)17-15(11(7)23)27-3-1-4-28-16-12(24)8(20)10(22)14(26)18(16)30-6-2-5-29-17;/h1-6H;/q-2;+2/b3-1-,6-2-,28-4?,29-5?;. The Morgan fingerprint density at radius 3 is 1.16 bits per heavy atom. The van der Waals surface area contributed by atoms with Crippen LogP contribution in [0.3, 0.4) is 0 Å². The summed E-state index contributed by atoms with van der Waals surface area (Å²) in [4.78, 5) is 6.82. The van der Waals surface area contributed by atoms with Gasteiger partial charge in [-0.2, -0.15) is 12.4 Å². The molecule has 3 rings (SSSR count). The molecule has 0 spiro atoms. The molecule has 4 nitrogen and oxygen atoms in total. The zero-order chi connectivity index (χ0) is 22.0. The van der Waals surface area contributed by atoms with E-state index in [1.165, 1.54) is 0 Å². The van der Waals surface area contributed by atoms with Gasteiger partial charge in [0.25, 0.3) is 0 Å². The van der Waals surface area contributed by atoms with Gasteiger partial charge in [-0.15, -0.1) is 0 Å². The number of fused-ring (bicyclic) bond motifs is 2. The van der Waals surface area contributed by atoms with Crippen molar-refractivity contribution in [2.45, 2.75) is 0 Å². The van der Waals surface area contributed by atoms with Crippen LogP contribution in [0.15, 0.2) is 34.5 Å². The minimum absolute atomic E-state index is 0. The van der Waals surface area contributed by atoms with Gasteiger partial charge in [-0.05, 0) is 0 Å². The maximum Gasteiger partial charge on any atom is 2.00 e. The van der Waals surface area contributed by atoms with Crippen molar-refractivity contribution in [2.75, 3.05) is 0 Å². The summed E-state index contributed by atoms with van der Waals surface area (Å²) in [6, 6.07) is 0. The Labute approximate surface area is 179 Å². The molecule has 2 aromatic carbocycles. The molecule has 0 unspecified atom stereocenters. The van der Waals surface area contributed by atoms with Gasteiger partial charge in [0, 0.05) is 12.4 Å². The zero-order valence-corrected chi connectivity index (χ0v) is 15.5. The molecule has 1 heterocycles. The molecular formula is C18H6CuF8N4. The molecule has 13 heteroatoms. The Hall–Kier alpha value is -3.18. The Morgan fingerprint density at radius 1 is 0.484 bits per heavy atom. The van der Waals surface area contributed by atoms with E-state index in [1.807, 2.05) is 0 Å². The van der Waals surface area contributed by atoms with E-state index >= 15 is 0 Å². The van der Waals surface area contributed by atoms with Gasteiger partial charge >= 0.3 is 17.1 Å². The van der Waals surface area contributed by atoms with E-state index in [1.54, 1.807) is 0 Å². The molecule has 0 saturated carbocycles. The molecular weight excluding hydrogens is 488 g/mol. The van der Waals surface area contributed by atoms with E-state index in [2.05, 4.69) is 20.6 Å². The van der Waals surface area contributed by atoms with Gasteiger partial charge < -0.3 is 10.6 Å². The number of allylic oxidation sites excluding steroid dienone is 2. The molecule has 1 aliphatic heterocycles. The van der Waals surface area contributed by atoms with Gasteiger partial charge in [0.15, 0.2) is 34.9 Å². The second-order valence-electron chi connectivity index (χ2n) is 5.40. The minimum Gasteiger partial charge on any atom is -0.660 e. The van der Waals surface area contributed by atoms with Crippen molar-refractivity contribution in [2.24, 2.45) is 9.98 Å². The Morgan fingerprint density at radius 2 is 0.806 bits per heavy atom. The monoisotopic (exact) mass is 493 g/mol. The van der Waals surface area contributed by atoms with Gasteiger partial charge in [0.2, 0.25) is 0 Å². The number of hydrogen-bond acceptors (Lipinski definition) is 2. The van der Waals surface area contributed by atoms with E-state index in [9.17, 15) is 35.1 Å². The van der Waals surface area contributed by atoms with Gasteiger partial charge in [0.05, 0.1) is 11.4 Å². The third kappa shape index (κ3) is 4.47. The van der Waals surface area contributed by atoms with E-state index in [-0.39, 0.29) is 17.1 Å². The average Bonchev–Trinajstić information content (AvgIpc) is 2.74. The van der Waals surface area contributed by atoms with Crippen molar-refractivity contribution in [1.82, 2.24) is 0 Å². The number of nitrogens with zero attached hydrogens (tertiary/aromatic N) is 4. The van der Waals surface area contributed by atoms with Crippen LogP contribution in [0.2, 0.25) is 0 Å². The van der Waals surface area contributed by atoms with Crippen LogP contribution in [0, 0.1) is 46.5 Å². The van der Waals surface area contributed by atoms with Crippen LogP contribution in [0.1, 0.15) is 0 Å². The van der Waals surface area contributed by atoms with Crippen molar-refractivity contribution in [3.05, 3.63) is 81.7 Å². The molecule has 0 fully saturated rings. The summed E-state index contributed by atoms with van der Waals surface area (Å²) >= 11 is 0. The van der Waals surface area contributed by atoms with Crippen LogP contribution < -0.4 is 0 Å². The van der Waals surface area contributed by atoms with Gasteiger partial charge in [-0.25, -0.2) is 35.1 Å². The Kier molecular flexibility index (Phi) is 7.58. The number of aliphatic imine (C=N–C) groups is 2. The van der Waals surface area contributed by atoms with Crippen LogP contribution >= 0.6 is 0 Å². The van der Waals surface area contributed by atoms with Crippen LogP contribution in [0.5, 0.6) is 0 Å². The Bertz CT molecular complexity index is 1060. The fourth-order valence-electron chi connectivity index (χ4n) is 2.24. The first-order valence-corrected chi connectivity index (χ1v) is 7.77. The van der Waals surface area contributed by atoms with E-state index < -0.39 is 69.3 Å². The number of hydrogen-bond donors (Lipinski definition) is 0. The second kappa shape index (κ2) is 9.75. The summed E-state index contributed by atoms with van der Waals surface area (Å²) in [6.45, 7) is 0. The van der Waals surface area contributed by atoms with Crippen molar-refractivity contribution in [3.63, 3.8) is 0 Å². The number of rotatable bonds is 0. The topological polar surface area (TPSA) is 52.9 Å². The quantitative estimate of drug-likeness (QED) is 0.165. The second-order valence-corrected chi connectivity index (χ2v) is 5.40. The summed E-state index contributed by atoms with van der Waals surface area (Å²) in [7, 11) is 0. The van der Waals surface area contributed by atoms with Crippen LogP contribution in [0.25, 0.3) is 10.6 Å². The van der Waals surface area contributed by atoms with Gasteiger partial charge in [0.1, 0.15) is 11.6 Å². The minimum atomic E-state index is -2.12. The summed E-state index contributed by atoms with van der Waals surface area (Å²) < 4.78 is 110. The molecule has 0 saturated heterocycles. The average molecular weight is 494 g/mol. The van der Waals surface area contributed by atoms with Gasteiger partial charge in [-0.3, -0.25) is 9.98 Å². The Balaban J connectivity index is 0.00000341. The summed E-state index contributed by atoms with van der Waals surface area (Å²) in [5.74, 6) is -15.8. The molecule has 165 valence electrons. The van der Waals surface area contributed by atoms with Crippen molar-refractivity contribution in [3.8, 4) is 0 Å². The van der Waals surface area contributed by atoms with E-state index in [0.29, 0.717) is 24.8 Å². The summed E-state index contributed by atoms with van der Waals surface area (Å²) in [5, 5.41) is 6.82. The van der Waals surface area contributed by atoms with Crippen LogP contribution in [-0.2, 0) is 17.1 Å². The predicted molar refractivity (Wildman–Crippen MR) is 93.2 cm³/mol. The zero-order valence-electron chi connectivity index (χ0n) is 14.6. The van der Waals surface area contributed by atoms with Crippen molar-refractivity contribution >= 4 is 35.2 Å². The molecule has 0 atom stereocenters. The summed E-state index contributed by atoms with van der Waals surface area (Å²) in [5.41, 5.74) is -4.00. The third-order valence-corrected chi connectivity index (χ3v) is 3.60. The third-order valence-electron chi connectivity index (χ3n) is 3.60. The predicted octanol–water partition coefficient (Wildman–Crippen LogP) is 6.95. The first kappa shape index (κ1) is 24.1. The van der Waals surface area contributed by atoms with Gasteiger partial charge in [-0.1, -0.05) is 23.5 Å². The van der Waals surface area contributed by atoms with Crippen molar-refractivity contribution < 1.29 is 52.2 Å². The first-order valence-electron chi connectivity index (χ1n) is 7.77. The normalized spacial score (nSPS) is 15.0. The van der Waals surface area contributed by atoms with E-state index in [0.717, 1.165) is 12.2 Å². The molecule has 1 aliphatic rings. The SMILES string of the molecule is Fc1c(F)c(F)c2c(c1F)N=C/C=C\[N-]c1c(F)c(F)c(F)c(F)c1N=C/C=C\[N-]2.[Cu+2]. The summed E-state index contributed by atoms with van der Waals surface area (Å²) in [6.07, 6.45) is 4.56. The maximum absolute atomic E-state index is 14.0. The number of halogens is 8. The molecule has 0 bridgehead atoms. The number of benzene rings is 2. The van der Waals surface area contributed by atoms with Crippen molar-refractivity contribution in [1.29, 1.82) is 0 Å². The largest absolute Gasteiger partial charge is 2.00 e. The molecule has 0 aromatic heterocycles. The molecule has 2 aromatic rings. The molecule has 0 aliphatic carbocycles. The first-order chi connectivity index (χ1) is 14.3. The fourth-order valence-corrected chi connectivity index (χ4v) is 2.24. The fraction of sp³-hybridized carbons (Fsp3) is 0. The van der Waals surface area contributed by atoms with Crippen LogP contribution in [0.4, 0.5) is 57.9 Å². The molecule has 1 radical (unpaired) electrons. The molecule has 0 amide bonds. The molecule has 31 heavy (non-hydrogen) atoms. The smallest absolute Gasteiger partial charge is 0.660 e. The maximum atomic E-state index is 14.0.